The molecule has 0 unspecified atom stereocenters. The van der Waals surface area contributed by atoms with Crippen molar-refractivity contribution in [2.75, 3.05) is 6.61 Å². The summed E-state index contributed by atoms with van der Waals surface area (Å²) in [5, 5.41) is 3.52. The molecule has 0 saturated heterocycles. The molecule has 0 heterocycles. The number of rotatable bonds is 7. The number of allylic oxidation sites excluding steroid dienone is 1. The first kappa shape index (κ1) is 17.3. The van der Waals surface area contributed by atoms with Crippen molar-refractivity contribution < 1.29 is 4.74 Å². The molecule has 0 fully saturated rings. The summed E-state index contributed by atoms with van der Waals surface area (Å²) in [5.41, 5.74) is 2.46. The summed E-state index contributed by atoms with van der Waals surface area (Å²) in [5.74, 6) is 1.01. The third kappa shape index (κ3) is 6.10. The van der Waals surface area contributed by atoms with E-state index < -0.39 is 0 Å². The first-order valence-corrected chi connectivity index (χ1v) is 7.90. The molecule has 3 heteroatoms. The minimum Gasteiger partial charge on any atom is -0.493 e. The molecule has 0 amide bonds. The van der Waals surface area contributed by atoms with Gasteiger partial charge in [-0.15, -0.1) is 6.58 Å². The van der Waals surface area contributed by atoms with Gasteiger partial charge >= 0.3 is 0 Å². The van der Waals surface area contributed by atoms with Crippen LogP contribution >= 0.6 is 15.9 Å². The van der Waals surface area contributed by atoms with E-state index in [4.69, 9.17) is 4.74 Å². The number of hydrogen-bond donors (Lipinski definition) is 1. The van der Waals surface area contributed by atoms with Gasteiger partial charge in [0.05, 0.1) is 6.61 Å². The Kier molecular flexibility index (Phi) is 6.77. The molecule has 2 nitrogen and oxygen atoms in total. The van der Waals surface area contributed by atoms with Crippen LogP contribution in [-0.4, -0.2) is 12.1 Å². The number of hydrogen-bond acceptors (Lipinski definition) is 2. The van der Waals surface area contributed by atoms with Gasteiger partial charge in [-0.1, -0.05) is 22.0 Å². The predicted molar refractivity (Wildman–Crippen MR) is 90.4 cm³/mol. The highest BCUT2D eigenvalue weighted by Crippen LogP contribution is 2.28. The highest BCUT2D eigenvalue weighted by molar-refractivity contribution is 9.10. The van der Waals surface area contributed by atoms with Crippen LogP contribution in [-0.2, 0) is 6.54 Å². The SMILES string of the molecule is C=CCCCOc1c(C)cc(Br)cc1CNC(C)(C)C. The van der Waals surface area contributed by atoms with Gasteiger partial charge in [0.2, 0.25) is 0 Å². The second kappa shape index (κ2) is 7.84. The molecular weight excluding hydrogens is 314 g/mol. The van der Waals surface area contributed by atoms with E-state index in [9.17, 15) is 0 Å². The Morgan fingerprint density at radius 1 is 1.35 bits per heavy atom. The Morgan fingerprint density at radius 3 is 2.65 bits per heavy atom. The Balaban J connectivity index is 2.81. The zero-order chi connectivity index (χ0) is 15.2. The van der Waals surface area contributed by atoms with Crippen molar-refractivity contribution in [2.45, 2.75) is 52.6 Å². The van der Waals surface area contributed by atoms with Crippen LogP contribution < -0.4 is 10.1 Å². The maximum atomic E-state index is 5.98. The van der Waals surface area contributed by atoms with Crippen LogP contribution in [0.4, 0.5) is 0 Å². The largest absolute Gasteiger partial charge is 0.493 e. The monoisotopic (exact) mass is 339 g/mol. The van der Waals surface area contributed by atoms with E-state index in [1.807, 2.05) is 6.08 Å². The average Bonchev–Trinajstić information content (AvgIpc) is 2.33. The molecule has 0 saturated carbocycles. The van der Waals surface area contributed by atoms with Crippen molar-refractivity contribution in [3.63, 3.8) is 0 Å². The summed E-state index contributed by atoms with van der Waals surface area (Å²) >= 11 is 3.56. The van der Waals surface area contributed by atoms with Crippen LogP contribution in [0.2, 0.25) is 0 Å². The molecule has 0 aliphatic carbocycles. The molecule has 1 aromatic rings. The lowest BCUT2D eigenvalue weighted by Crippen LogP contribution is -2.35. The highest BCUT2D eigenvalue weighted by Gasteiger charge is 2.13. The van der Waals surface area contributed by atoms with E-state index in [1.54, 1.807) is 0 Å². The lowest BCUT2D eigenvalue weighted by atomic mass is 10.1. The van der Waals surface area contributed by atoms with Crippen molar-refractivity contribution in [3.8, 4) is 5.75 Å². The third-order valence-electron chi connectivity index (χ3n) is 2.92. The molecule has 20 heavy (non-hydrogen) atoms. The van der Waals surface area contributed by atoms with Gasteiger partial charge in [0.25, 0.3) is 0 Å². The fraction of sp³-hybridized carbons (Fsp3) is 0.529. The number of aryl methyl sites for hydroxylation is 1. The fourth-order valence-corrected chi connectivity index (χ4v) is 2.52. The maximum Gasteiger partial charge on any atom is 0.126 e. The molecular formula is C17H26BrNO. The smallest absolute Gasteiger partial charge is 0.126 e. The van der Waals surface area contributed by atoms with Crippen molar-refractivity contribution in [3.05, 3.63) is 40.4 Å². The second-order valence-electron chi connectivity index (χ2n) is 6.09. The lowest BCUT2D eigenvalue weighted by molar-refractivity contribution is 0.304. The van der Waals surface area contributed by atoms with E-state index >= 15 is 0 Å². The summed E-state index contributed by atoms with van der Waals surface area (Å²) in [7, 11) is 0. The van der Waals surface area contributed by atoms with Gasteiger partial charge in [-0.25, -0.2) is 0 Å². The molecule has 1 aromatic carbocycles. The molecule has 0 atom stereocenters. The van der Waals surface area contributed by atoms with Crippen molar-refractivity contribution >= 4 is 15.9 Å². The van der Waals surface area contributed by atoms with Gasteiger partial charge in [0, 0.05) is 22.1 Å². The van der Waals surface area contributed by atoms with Crippen molar-refractivity contribution in [2.24, 2.45) is 0 Å². The minimum absolute atomic E-state index is 0.0936. The number of unbranched alkanes of at least 4 members (excludes halogenated alkanes) is 1. The van der Waals surface area contributed by atoms with Crippen LogP contribution in [0.3, 0.4) is 0 Å². The van der Waals surface area contributed by atoms with Gasteiger partial charge in [-0.3, -0.25) is 0 Å². The van der Waals surface area contributed by atoms with Crippen molar-refractivity contribution in [1.29, 1.82) is 0 Å². The molecule has 0 aromatic heterocycles. The molecule has 0 bridgehead atoms. The van der Waals surface area contributed by atoms with Gasteiger partial charge in [0.15, 0.2) is 0 Å². The van der Waals surface area contributed by atoms with Crippen LogP contribution in [0.5, 0.6) is 5.75 Å². The van der Waals surface area contributed by atoms with E-state index in [0.717, 1.165) is 36.2 Å². The average molecular weight is 340 g/mol. The Bertz CT molecular complexity index is 449. The van der Waals surface area contributed by atoms with Crippen LogP contribution in [0, 0.1) is 6.92 Å². The van der Waals surface area contributed by atoms with E-state index in [0.29, 0.717) is 0 Å². The summed E-state index contributed by atoms with van der Waals surface area (Å²) in [6, 6.07) is 4.23. The van der Waals surface area contributed by atoms with Gasteiger partial charge in [-0.2, -0.15) is 0 Å². The first-order valence-electron chi connectivity index (χ1n) is 7.11. The second-order valence-corrected chi connectivity index (χ2v) is 7.01. The normalized spacial score (nSPS) is 11.4. The number of benzene rings is 1. The van der Waals surface area contributed by atoms with Gasteiger partial charge in [-0.05, 0) is 58.2 Å². The fourth-order valence-electron chi connectivity index (χ4n) is 1.90. The summed E-state index contributed by atoms with van der Waals surface area (Å²) in [6.45, 7) is 13.9. The quantitative estimate of drug-likeness (QED) is 0.558. The Morgan fingerprint density at radius 2 is 2.05 bits per heavy atom. The number of nitrogens with one attached hydrogen (secondary N) is 1. The molecule has 1 rings (SSSR count). The molecule has 0 radical (unpaired) electrons. The minimum atomic E-state index is 0.0936. The number of ether oxygens (including phenoxy) is 1. The maximum absolute atomic E-state index is 5.98. The molecule has 112 valence electrons. The number of halogens is 1. The van der Waals surface area contributed by atoms with Crippen LogP contribution in [0.1, 0.15) is 44.7 Å². The standard InChI is InChI=1S/C17H26BrNO/c1-6-7-8-9-20-16-13(2)10-15(18)11-14(16)12-19-17(3,4)5/h6,10-11,19H,1,7-9,12H2,2-5H3. The highest BCUT2D eigenvalue weighted by atomic mass is 79.9. The van der Waals surface area contributed by atoms with Crippen molar-refractivity contribution in [1.82, 2.24) is 5.32 Å². The molecule has 0 aliphatic rings. The Hall–Kier alpha value is -0.800. The Labute approximate surface area is 131 Å². The van der Waals surface area contributed by atoms with E-state index in [-0.39, 0.29) is 5.54 Å². The van der Waals surface area contributed by atoms with E-state index in [1.165, 1.54) is 11.1 Å². The van der Waals surface area contributed by atoms with Gasteiger partial charge < -0.3 is 10.1 Å². The zero-order valence-corrected chi connectivity index (χ0v) is 14.6. The summed E-state index contributed by atoms with van der Waals surface area (Å²) < 4.78 is 7.08. The lowest BCUT2D eigenvalue weighted by Gasteiger charge is -2.22. The van der Waals surface area contributed by atoms with Crippen LogP contribution in [0.15, 0.2) is 29.3 Å². The summed E-state index contributed by atoms with van der Waals surface area (Å²) in [6.07, 6.45) is 3.93. The third-order valence-corrected chi connectivity index (χ3v) is 3.38. The van der Waals surface area contributed by atoms with E-state index in [2.05, 4.69) is 67.7 Å². The molecule has 0 spiro atoms. The molecule has 0 aliphatic heterocycles. The predicted octanol–water partition coefficient (Wildman–Crippen LogP) is 4.99. The summed E-state index contributed by atoms with van der Waals surface area (Å²) in [4.78, 5) is 0. The van der Waals surface area contributed by atoms with Crippen LogP contribution in [0.25, 0.3) is 0 Å². The first-order chi connectivity index (χ1) is 9.33. The molecule has 1 N–H and O–H groups in total. The zero-order valence-electron chi connectivity index (χ0n) is 13.1. The topological polar surface area (TPSA) is 21.3 Å². The van der Waals surface area contributed by atoms with Gasteiger partial charge in [0.1, 0.15) is 5.75 Å².